The fourth-order valence-electron chi connectivity index (χ4n) is 1.60. The lowest BCUT2D eigenvalue weighted by molar-refractivity contribution is 0.0955. The van der Waals surface area contributed by atoms with Gasteiger partial charge in [-0.3, -0.25) is 4.79 Å². The van der Waals surface area contributed by atoms with E-state index in [2.05, 4.69) is 10.5 Å². The third kappa shape index (κ3) is 3.35. The lowest BCUT2D eigenvalue weighted by Gasteiger charge is -2.03. The van der Waals surface area contributed by atoms with E-state index in [-0.39, 0.29) is 11.7 Å². The van der Waals surface area contributed by atoms with Crippen molar-refractivity contribution in [3.8, 4) is 5.75 Å². The summed E-state index contributed by atoms with van der Waals surface area (Å²) < 4.78 is 0. The summed E-state index contributed by atoms with van der Waals surface area (Å²) in [7, 11) is 0. The Hall–Kier alpha value is -2.82. The highest BCUT2D eigenvalue weighted by molar-refractivity contribution is 6.01. The Kier molecular flexibility index (Phi) is 4.00. The van der Waals surface area contributed by atoms with Gasteiger partial charge in [0.15, 0.2) is 0 Å². The lowest BCUT2D eigenvalue weighted by atomic mass is 10.1. The molecule has 0 unspecified atom stereocenters. The van der Waals surface area contributed by atoms with E-state index >= 15 is 0 Å². The van der Waals surface area contributed by atoms with Crippen molar-refractivity contribution in [3.05, 3.63) is 59.7 Å². The maximum Gasteiger partial charge on any atom is 0.271 e. The molecule has 2 aromatic carbocycles. The van der Waals surface area contributed by atoms with Crippen LogP contribution in [0.3, 0.4) is 0 Å². The standard InChI is InChI=1S/C15H15N3O2/c1-10(11-2-6-13(16)7-3-11)17-18-15(20)12-4-8-14(19)9-5-12/h2-9,19H,16H2,1H3,(H,18,20). The van der Waals surface area contributed by atoms with E-state index in [1.165, 1.54) is 24.3 Å². The number of aromatic hydroxyl groups is 1. The summed E-state index contributed by atoms with van der Waals surface area (Å²) >= 11 is 0. The lowest BCUT2D eigenvalue weighted by Crippen LogP contribution is -2.19. The molecule has 0 aliphatic rings. The number of carbonyl (C=O) groups is 1. The maximum atomic E-state index is 11.8. The van der Waals surface area contributed by atoms with Crippen molar-refractivity contribution in [3.63, 3.8) is 0 Å². The molecule has 0 atom stereocenters. The first kappa shape index (κ1) is 13.6. The Labute approximate surface area is 116 Å². The first-order valence-electron chi connectivity index (χ1n) is 6.06. The molecule has 0 radical (unpaired) electrons. The van der Waals surface area contributed by atoms with Gasteiger partial charge in [0.1, 0.15) is 5.75 Å². The normalized spacial score (nSPS) is 11.2. The van der Waals surface area contributed by atoms with E-state index in [9.17, 15) is 4.79 Å². The van der Waals surface area contributed by atoms with Crippen molar-refractivity contribution >= 4 is 17.3 Å². The molecule has 0 saturated heterocycles. The van der Waals surface area contributed by atoms with Gasteiger partial charge in [-0.1, -0.05) is 12.1 Å². The Bertz CT molecular complexity index is 631. The minimum absolute atomic E-state index is 0.114. The molecular weight excluding hydrogens is 254 g/mol. The van der Waals surface area contributed by atoms with Crippen molar-refractivity contribution in [2.24, 2.45) is 5.10 Å². The van der Waals surface area contributed by atoms with Crippen molar-refractivity contribution in [1.29, 1.82) is 0 Å². The minimum atomic E-state index is -0.334. The van der Waals surface area contributed by atoms with Gasteiger partial charge < -0.3 is 10.8 Å². The van der Waals surface area contributed by atoms with Crippen LogP contribution in [0.2, 0.25) is 0 Å². The zero-order valence-corrected chi connectivity index (χ0v) is 11.0. The van der Waals surface area contributed by atoms with Crippen LogP contribution in [0.15, 0.2) is 53.6 Å². The highest BCUT2D eigenvalue weighted by Crippen LogP contribution is 2.10. The third-order valence-electron chi connectivity index (χ3n) is 2.78. The predicted molar refractivity (Wildman–Crippen MR) is 78.6 cm³/mol. The molecule has 0 aromatic heterocycles. The molecule has 0 fully saturated rings. The molecule has 0 aliphatic carbocycles. The zero-order chi connectivity index (χ0) is 14.5. The first-order valence-corrected chi connectivity index (χ1v) is 6.06. The predicted octanol–water partition coefficient (Wildman–Crippen LogP) is 2.13. The minimum Gasteiger partial charge on any atom is -0.508 e. The number of nitrogens with zero attached hydrogens (tertiary/aromatic N) is 1. The molecule has 5 heteroatoms. The summed E-state index contributed by atoms with van der Waals surface area (Å²) in [5.41, 5.74) is 10.7. The summed E-state index contributed by atoms with van der Waals surface area (Å²) in [5, 5.41) is 13.2. The fourth-order valence-corrected chi connectivity index (χ4v) is 1.60. The summed E-state index contributed by atoms with van der Waals surface area (Å²) in [6, 6.07) is 13.2. The quantitative estimate of drug-likeness (QED) is 0.453. The van der Waals surface area contributed by atoms with E-state index in [0.717, 1.165) is 5.56 Å². The van der Waals surface area contributed by atoms with Crippen LogP contribution < -0.4 is 11.2 Å². The Morgan fingerprint density at radius 3 is 2.20 bits per heavy atom. The number of nitrogens with two attached hydrogens (primary N) is 1. The molecule has 0 saturated carbocycles. The van der Waals surface area contributed by atoms with E-state index in [0.29, 0.717) is 17.0 Å². The van der Waals surface area contributed by atoms with Crippen LogP contribution >= 0.6 is 0 Å². The second-order valence-corrected chi connectivity index (χ2v) is 4.31. The number of phenolic OH excluding ortho intramolecular Hbond substituents is 1. The molecular formula is C15H15N3O2. The van der Waals surface area contributed by atoms with Crippen LogP contribution in [0.4, 0.5) is 5.69 Å². The zero-order valence-electron chi connectivity index (χ0n) is 11.0. The van der Waals surface area contributed by atoms with Crippen molar-refractivity contribution in [2.75, 3.05) is 5.73 Å². The average molecular weight is 269 g/mol. The molecule has 0 heterocycles. The number of phenols is 1. The van der Waals surface area contributed by atoms with Crippen LogP contribution in [0.1, 0.15) is 22.8 Å². The molecule has 20 heavy (non-hydrogen) atoms. The maximum absolute atomic E-state index is 11.8. The van der Waals surface area contributed by atoms with Gasteiger partial charge in [0, 0.05) is 11.3 Å². The number of nitrogen functional groups attached to an aromatic ring is 1. The van der Waals surface area contributed by atoms with Gasteiger partial charge >= 0.3 is 0 Å². The van der Waals surface area contributed by atoms with Crippen LogP contribution in [-0.2, 0) is 0 Å². The first-order chi connectivity index (χ1) is 9.56. The SMILES string of the molecule is CC(=NNC(=O)c1ccc(O)cc1)c1ccc(N)cc1. The van der Waals surface area contributed by atoms with Crippen molar-refractivity contribution < 1.29 is 9.90 Å². The monoisotopic (exact) mass is 269 g/mol. The molecule has 1 amide bonds. The fraction of sp³-hybridized carbons (Fsp3) is 0.0667. The Morgan fingerprint density at radius 1 is 1.05 bits per heavy atom. The third-order valence-corrected chi connectivity index (χ3v) is 2.78. The van der Waals surface area contributed by atoms with Gasteiger partial charge in [-0.25, -0.2) is 5.43 Å². The van der Waals surface area contributed by atoms with Crippen LogP contribution in [0.25, 0.3) is 0 Å². The number of amides is 1. The van der Waals surface area contributed by atoms with Gasteiger partial charge in [-0.2, -0.15) is 5.10 Å². The Morgan fingerprint density at radius 2 is 1.60 bits per heavy atom. The van der Waals surface area contributed by atoms with Crippen molar-refractivity contribution in [2.45, 2.75) is 6.92 Å². The van der Waals surface area contributed by atoms with E-state index in [1.54, 1.807) is 19.1 Å². The summed E-state index contributed by atoms with van der Waals surface area (Å²) in [4.78, 5) is 11.8. The number of hydrazone groups is 1. The molecule has 4 N–H and O–H groups in total. The number of hydrogen-bond acceptors (Lipinski definition) is 4. The van der Waals surface area contributed by atoms with E-state index in [1.807, 2.05) is 12.1 Å². The number of hydrogen-bond donors (Lipinski definition) is 3. The molecule has 2 aromatic rings. The molecule has 0 bridgehead atoms. The van der Waals surface area contributed by atoms with E-state index < -0.39 is 0 Å². The van der Waals surface area contributed by atoms with Gasteiger partial charge in [-0.05, 0) is 48.9 Å². The van der Waals surface area contributed by atoms with Gasteiger partial charge in [0.05, 0.1) is 5.71 Å². The van der Waals surface area contributed by atoms with Crippen molar-refractivity contribution in [1.82, 2.24) is 5.43 Å². The largest absolute Gasteiger partial charge is 0.508 e. The number of rotatable bonds is 3. The van der Waals surface area contributed by atoms with Gasteiger partial charge in [-0.15, -0.1) is 0 Å². The van der Waals surface area contributed by atoms with Gasteiger partial charge in [0.25, 0.3) is 5.91 Å². The smallest absolute Gasteiger partial charge is 0.271 e. The highest BCUT2D eigenvalue weighted by Gasteiger charge is 2.04. The molecule has 5 nitrogen and oxygen atoms in total. The number of anilines is 1. The average Bonchev–Trinajstić information content (AvgIpc) is 2.46. The summed E-state index contributed by atoms with van der Waals surface area (Å²) in [6.45, 7) is 1.79. The highest BCUT2D eigenvalue weighted by atomic mass is 16.3. The molecule has 2 rings (SSSR count). The second-order valence-electron chi connectivity index (χ2n) is 4.31. The van der Waals surface area contributed by atoms with Crippen LogP contribution in [-0.4, -0.2) is 16.7 Å². The molecule has 102 valence electrons. The van der Waals surface area contributed by atoms with E-state index in [4.69, 9.17) is 10.8 Å². The topological polar surface area (TPSA) is 87.7 Å². The summed E-state index contributed by atoms with van der Waals surface area (Å²) in [6.07, 6.45) is 0. The summed E-state index contributed by atoms with van der Waals surface area (Å²) in [5.74, 6) is -0.220. The molecule has 0 spiro atoms. The number of carbonyl (C=O) groups excluding carboxylic acids is 1. The second kappa shape index (κ2) is 5.88. The van der Waals surface area contributed by atoms with Gasteiger partial charge in [0.2, 0.25) is 0 Å². The van der Waals surface area contributed by atoms with Crippen LogP contribution in [0.5, 0.6) is 5.75 Å². The molecule has 0 aliphatic heterocycles. The Balaban J connectivity index is 2.06. The number of benzene rings is 2. The van der Waals surface area contributed by atoms with Crippen LogP contribution in [0, 0.1) is 0 Å². The number of nitrogens with one attached hydrogen (secondary N) is 1.